The number of hydrogen-bond acceptors (Lipinski definition) is 2. The average Bonchev–Trinajstić information content (AvgIpc) is 3.09. The lowest BCUT2D eigenvalue weighted by atomic mass is 10.0. The van der Waals surface area contributed by atoms with Gasteiger partial charge in [0, 0.05) is 31.7 Å². The molecule has 1 N–H and O–H groups in total. The van der Waals surface area contributed by atoms with Gasteiger partial charge >= 0.3 is 6.03 Å². The van der Waals surface area contributed by atoms with Gasteiger partial charge in [-0.05, 0) is 45.1 Å². The molecule has 0 bridgehead atoms. The number of rotatable bonds is 1. The van der Waals surface area contributed by atoms with E-state index >= 15 is 0 Å². The van der Waals surface area contributed by atoms with Crippen LogP contribution in [0.1, 0.15) is 38.5 Å². The first-order valence-corrected chi connectivity index (χ1v) is 7.15. The van der Waals surface area contributed by atoms with E-state index in [2.05, 4.69) is 10.2 Å². The van der Waals surface area contributed by atoms with Crippen LogP contribution >= 0.6 is 0 Å². The molecule has 0 radical (unpaired) electrons. The molecule has 3 saturated heterocycles. The lowest BCUT2D eigenvalue weighted by molar-refractivity contribution is 0.149. The van der Waals surface area contributed by atoms with E-state index in [1.807, 2.05) is 4.90 Å². The van der Waals surface area contributed by atoms with Gasteiger partial charge in [-0.1, -0.05) is 0 Å². The van der Waals surface area contributed by atoms with E-state index in [1.165, 1.54) is 38.5 Å². The van der Waals surface area contributed by atoms with Gasteiger partial charge < -0.3 is 15.1 Å². The summed E-state index contributed by atoms with van der Waals surface area (Å²) in [6.07, 6.45) is 7.26. The second-order valence-corrected chi connectivity index (χ2v) is 5.58. The van der Waals surface area contributed by atoms with Crippen LogP contribution in [0.25, 0.3) is 0 Å². The van der Waals surface area contributed by atoms with Crippen LogP contribution in [0, 0.1) is 0 Å². The number of carbonyl (C=O) groups excluding carboxylic acids is 1. The fourth-order valence-corrected chi connectivity index (χ4v) is 3.58. The Bertz CT molecular complexity index is 282. The first-order valence-electron chi connectivity index (χ1n) is 7.15. The smallest absolute Gasteiger partial charge is 0.320 e. The topological polar surface area (TPSA) is 35.6 Å². The molecule has 2 unspecified atom stereocenters. The van der Waals surface area contributed by atoms with Crippen LogP contribution in [0.2, 0.25) is 0 Å². The quantitative estimate of drug-likeness (QED) is 0.748. The Morgan fingerprint density at radius 1 is 1.00 bits per heavy atom. The molecule has 17 heavy (non-hydrogen) atoms. The minimum Gasteiger partial charge on any atom is -0.325 e. The second-order valence-electron chi connectivity index (χ2n) is 5.58. The summed E-state index contributed by atoms with van der Waals surface area (Å²) in [5, 5.41) is 3.56. The highest BCUT2D eigenvalue weighted by atomic mass is 16.2. The van der Waals surface area contributed by atoms with E-state index < -0.39 is 0 Å². The first kappa shape index (κ1) is 11.3. The minimum atomic E-state index is 0.304. The van der Waals surface area contributed by atoms with Gasteiger partial charge in [-0.25, -0.2) is 4.79 Å². The lowest BCUT2D eigenvalue weighted by Gasteiger charge is -2.32. The summed E-state index contributed by atoms with van der Waals surface area (Å²) in [6, 6.07) is 1.33. The van der Waals surface area contributed by atoms with E-state index in [0.717, 1.165) is 26.2 Å². The van der Waals surface area contributed by atoms with Gasteiger partial charge in [0.05, 0.1) is 0 Å². The summed E-state index contributed by atoms with van der Waals surface area (Å²) in [6.45, 7) is 4.05. The number of amides is 2. The summed E-state index contributed by atoms with van der Waals surface area (Å²) in [5.74, 6) is 0. The first-order chi connectivity index (χ1) is 8.36. The summed E-state index contributed by atoms with van der Waals surface area (Å²) in [7, 11) is 0. The molecule has 3 aliphatic rings. The Morgan fingerprint density at radius 2 is 1.82 bits per heavy atom. The maximum atomic E-state index is 12.4. The molecule has 3 rings (SSSR count). The number of hydrogen-bond donors (Lipinski definition) is 1. The standard InChI is InChI=1S/C13H23N3O/c17-13(15-8-1-2-9-15)16-10-4-6-12(16)11-5-3-7-14-11/h11-12,14H,1-10H2. The highest BCUT2D eigenvalue weighted by Gasteiger charge is 2.37. The molecule has 0 aromatic carbocycles. The summed E-state index contributed by atoms with van der Waals surface area (Å²) < 4.78 is 0. The van der Waals surface area contributed by atoms with Crippen molar-refractivity contribution in [2.45, 2.75) is 50.6 Å². The Hall–Kier alpha value is -0.770. The number of carbonyl (C=O) groups is 1. The summed E-state index contributed by atoms with van der Waals surface area (Å²) in [5.41, 5.74) is 0. The van der Waals surface area contributed by atoms with Crippen LogP contribution in [0.5, 0.6) is 0 Å². The Kier molecular flexibility index (Phi) is 3.23. The van der Waals surface area contributed by atoms with Gasteiger partial charge in [0.15, 0.2) is 0 Å². The molecule has 0 aromatic heterocycles. The second kappa shape index (κ2) is 4.84. The molecule has 0 spiro atoms. The SMILES string of the molecule is O=C(N1CCCC1)N1CCCC1C1CCCN1. The van der Waals surface area contributed by atoms with Crippen molar-refractivity contribution in [1.29, 1.82) is 0 Å². The van der Waals surface area contributed by atoms with E-state index in [9.17, 15) is 4.79 Å². The third-order valence-electron chi connectivity index (χ3n) is 4.48. The van der Waals surface area contributed by atoms with Gasteiger partial charge in [0.2, 0.25) is 0 Å². The minimum absolute atomic E-state index is 0.304. The molecule has 4 nitrogen and oxygen atoms in total. The molecule has 0 saturated carbocycles. The Labute approximate surface area is 103 Å². The average molecular weight is 237 g/mol. The Balaban J connectivity index is 1.65. The molecule has 3 heterocycles. The molecule has 0 aliphatic carbocycles. The third-order valence-corrected chi connectivity index (χ3v) is 4.48. The molecular formula is C13H23N3O. The van der Waals surface area contributed by atoms with Crippen molar-refractivity contribution >= 4 is 6.03 Å². The van der Waals surface area contributed by atoms with Crippen LogP contribution in [0.3, 0.4) is 0 Å². The van der Waals surface area contributed by atoms with Crippen LogP contribution in [-0.2, 0) is 0 Å². The number of urea groups is 1. The van der Waals surface area contributed by atoms with Crippen molar-refractivity contribution in [3.8, 4) is 0 Å². The van der Waals surface area contributed by atoms with Gasteiger partial charge in [0.25, 0.3) is 0 Å². The van der Waals surface area contributed by atoms with Gasteiger partial charge in [-0.15, -0.1) is 0 Å². The monoisotopic (exact) mass is 237 g/mol. The van der Waals surface area contributed by atoms with Gasteiger partial charge in [-0.3, -0.25) is 0 Å². The Morgan fingerprint density at radius 3 is 2.53 bits per heavy atom. The molecule has 2 atom stereocenters. The maximum absolute atomic E-state index is 12.4. The molecule has 2 amide bonds. The van der Waals surface area contributed by atoms with E-state index in [4.69, 9.17) is 0 Å². The van der Waals surface area contributed by atoms with Crippen LogP contribution in [0.4, 0.5) is 4.79 Å². The van der Waals surface area contributed by atoms with E-state index in [1.54, 1.807) is 0 Å². The number of likely N-dealkylation sites (tertiary alicyclic amines) is 2. The number of nitrogens with one attached hydrogen (secondary N) is 1. The fourth-order valence-electron chi connectivity index (χ4n) is 3.58. The third kappa shape index (κ3) is 2.15. The van der Waals surface area contributed by atoms with Crippen molar-refractivity contribution < 1.29 is 4.79 Å². The van der Waals surface area contributed by atoms with Crippen molar-refractivity contribution in [3.05, 3.63) is 0 Å². The maximum Gasteiger partial charge on any atom is 0.320 e. The van der Waals surface area contributed by atoms with Gasteiger partial charge in [-0.2, -0.15) is 0 Å². The van der Waals surface area contributed by atoms with Gasteiger partial charge in [0.1, 0.15) is 0 Å². The number of nitrogens with zero attached hydrogens (tertiary/aromatic N) is 2. The van der Waals surface area contributed by atoms with Crippen molar-refractivity contribution in [2.75, 3.05) is 26.2 Å². The van der Waals surface area contributed by atoms with E-state index in [-0.39, 0.29) is 0 Å². The normalized spacial score (nSPS) is 33.6. The molecule has 3 aliphatic heterocycles. The van der Waals surface area contributed by atoms with Crippen molar-refractivity contribution in [2.24, 2.45) is 0 Å². The van der Waals surface area contributed by atoms with Crippen LogP contribution < -0.4 is 5.32 Å². The lowest BCUT2D eigenvalue weighted by Crippen LogP contribution is -2.50. The zero-order valence-corrected chi connectivity index (χ0v) is 10.5. The molecular weight excluding hydrogens is 214 g/mol. The van der Waals surface area contributed by atoms with Crippen molar-refractivity contribution in [1.82, 2.24) is 15.1 Å². The fraction of sp³-hybridized carbons (Fsp3) is 0.923. The zero-order valence-electron chi connectivity index (χ0n) is 10.5. The predicted octanol–water partition coefficient (Wildman–Crippen LogP) is 1.42. The molecule has 3 fully saturated rings. The molecule has 96 valence electrons. The highest BCUT2D eigenvalue weighted by Crippen LogP contribution is 2.26. The summed E-state index contributed by atoms with van der Waals surface area (Å²) in [4.78, 5) is 16.6. The largest absolute Gasteiger partial charge is 0.325 e. The van der Waals surface area contributed by atoms with Crippen molar-refractivity contribution in [3.63, 3.8) is 0 Å². The van der Waals surface area contributed by atoms with Crippen LogP contribution in [0.15, 0.2) is 0 Å². The summed E-state index contributed by atoms with van der Waals surface area (Å²) >= 11 is 0. The van der Waals surface area contributed by atoms with E-state index in [0.29, 0.717) is 18.1 Å². The molecule has 4 heteroatoms. The predicted molar refractivity (Wildman–Crippen MR) is 67.0 cm³/mol. The zero-order chi connectivity index (χ0) is 11.7. The highest BCUT2D eigenvalue weighted by molar-refractivity contribution is 5.75. The molecule has 0 aromatic rings. The van der Waals surface area contributed by atoms with Crippen LogP contribution in [-0.4, -0.2) is 54.1 Å².